The molecule has 182 valence electrons. The first kappa shape index (κ1) is 23.4. The van der Waals surface area contributed by atoms with Gasteiger partial charge in [0.25, 0.3) is 11.7 Å². The lowest BCUT2D eigenvalue weighted by molar-refractivity contribution is -0.140. The van der Waals surface area contributed by atoms with Gasteiger partial charge in [-0.3, -0.25) is 14.6 Å². The molecule has 0 aliphatic carbocycles. The van der Waals surface area contributed by atoms with Crippen molar-refractivity contribution < 1.29 is 24.2 Å². The zero-order valence-corrected chi connectivity index (χ0v) is 20.2. The predicted octanol–water partition coefficient (Wildman–Crippen LogP) is 4.86. The number of fused-ring (bicyclic) bond motifs is 1. The maximum absolute atomic E-state index is 13.4. The van der Waals surface area contributed by atoms with Crippen molar-refractivity contribution >= 4 is 40.0 Å². The molecule has 2 aromatic carbocycles. The van der Waals surface area contributed by atoms with E-state index in [2.05, 4.69) is 9.97 Å². The smallest absolute Gasteiger partial charge is 0.295 e. The summed E-state index contributed by atoms with van der Waals surface area (Å²) in [6.45, 7) is 0.125. The van der Waals surface area contributed by atoms with Gasteiger partial charge >= 0.3 is 0 Å². The Balaban J connectivity index is 1.74. The highest BCUT2D eigenvalue weighted by molar-refractivity contribution is 6.46. The lowest BCUT2D eigenvalue weighted by atomic mass is 9.94. The zero-order chi connectivity index (χ0) is 25.4. The Morgan fingerprint density at radius 1 is 1.11 bits per heavy atom. The number of rotatable bonds is 6. The highest BCUT2D eigenvalue weighted by Gasteiger charge is 2.47. The maximum atomic E-state index is 13.4. The topological polar surface area (TPSA) is 105 Å². The monoisotopic (exact) mass is 503 g/mol. The van der Waals surface area contributed by atoms with Crippen molar-refractivity contribution in [2.75, 3.05) is 14.2 Å². The van der Waals surface area contributed by atoms with E-state index in [0.29, 0.717) is 11.3 Å². The minimum absolute atomic E-state index is 0.0619. The Labute approximate surface area is 211 Å². The molecule has 4 aromatic rings. The van der Waals surface area contributed by atoms with Gasteiger partial charge in [0, 0.05) is 47.7 Å². The van der Waals surface area contributed by atoms with Crippen LogP contribution in [0.15, 0.2) is 72.7 Å². The van der Waals surface area contributed by atoms with E-state index in [1.54, 1.807) is 24.7 Å². The van der Waals surface area contributed by atoms with Gasteiger partial charge in [0.05, 0.1) is 36.4 Å². The normalized spacial score (nSPS) is 17.1. The van der Waals surface area contributed by atoms with Crippen molar-refractivity contribution in [2.24, 2.45) is 0 Å². The van der Waals surface area contributed by atoms with Crippen LogP contribution in [0, 0.1) is 0 Å². The summed E-state index contributed by atoms with van der Waals surface area (Å²) >= 11 is 6.34. The molecule has 1 atom stereocenters. The highest BCUT2D eigenvalue weighted by Crippen LogP contribution is 2.45. The fourth-order valence-electron chi connectivity index (χ4n) is 4.57. The quantitative estimate of drug-likeness (QED) is 0.221. The number of carbonyl (C=O) groups excluding carboxylic acids is 2. The molecule has 1 unspecified atom stereocenters. The number of aliphatic hydroxyl groups excluding tert-OH is 1. The first-order valence-corrected chi connectivity index (χ1v) is 11.5. The van der Waals surface area contributed by atoms with Crippen LogP contribution in [-0.4, -0.2) is 45.9 Å². The molecule has 0 spiro atoms. The second kappa shape index (κ2) is 9.39. The van der Waals surface area contributed by atoms with E-state index in [9.17, 15) is 14.7 Å². The number of nitrogens with one attached hydrogen (secondary N) is 1. The number of nitrogens with zero attached hydrogens (tertiary/aromatic N) is 2. The van der Waals surface area contributed by atoms with Crippen molar-refractivity contribution in [3.8, 4) is 11.5 Å². The van der Waals surface area contributed by atoms with Crippen LogP contribution in [0.2, 0.25) is 5.02 Å². The van der Waals surface area contributed by atoms with Crippen LogP contribution in [0.3, 0.4) is 0 Å². The third kappa shape index (κ3) is 3.85. The SMILES string of the molecule is COc1cc(OC)c(/C(O)=C2\C(=O)C(=O)N(Cc3cccnc3)C2c2c[nH]c3ccccc23)cc1Cl. The van der Waals surface area contributed by atoms with Crippen LogP contribution < -0.4 is 9.47 Å². The highest BCUT2D eigenvalue weighted by atomic mass is 35.5. The average molecular weight is 504 g/mol. The third-order valence-electron chi connectivity index (χ3n) is 6.26. The predicted molar refractivity (Wildman–Crippen MR) is 135 cm³/mol. The summed E-state index contributed by atoms with van der Waals surface area (Å²) in [4.78, 5) is 35.5. The van der Waals surface area contributed by atoms with Crippen LogP contribution in [0.4, 0.5) is 0 Å². The molecule has 3 heterocycles. The second-order valence-electron chi connectivity index (χ2n) is 8.26. The molecular formula is C27H22ClN3O5. The Hall–Kier alpha value is -4.30. The molecule has 2 aromatic heterocycles. The number of ether oxygens (including phenoxy) is 2. The van der Waals surface area contributed by atoms with Crippen molar-refractivity contribution in [2.45, 2.75) is 12.6 Å². The molecule has 1 saturated heterocycles. The number of likely N-dealkylation sites (tertiary alicyclic amines) is 1. The molecule has 9 heteroatoms. The van der Waals surface area contributed by atoms with Crippen LogP contribution in [0.25, 0.3) is 16.7 Å². The summed E-state index contributed by atoms with van der Waals surface area (Å²) < 4.78 is 10.7. The molecule has 36 heavy (non-hydrogen) atoms. The lowest BCUT2D eigenvalue weighted by Gasteiger charge is -2.25. The van der Waals surface area contributed by atoms with Gasteiger partial charge in [-0.05, 0) is 23.8 Å². The fourth-order valence-corrected chi connectivity index (χ4v) is 4.81. The van der Waals surface area contributed by atoms with E-state index in [-0.39, 0.29) is 28.5 Å². The molecule has 0 radical (unpaired) electrons. The van der Waals surface area contributed by atoms with E-state index in [1.807, 2.05) is 30.3 Å². The van der Waals surface area contributed by atoms with Crippen LogP contribution >= 0.6 is 11.6 Å². The van der Waals surface area contributed by atoms with Gasteiger partial charge in [0.15, 0.2) is 0 Å². The molecule has 1 aliphatic heterocycles. The number of benzene rings is 2. The molecule has 1 fully saturated rings. The summed E-state index contributed by atoms with van der Waals surface area (Å²) in [5, 5.41) is 12.6. The number of pyridine rings is 1. The van der Waals surface area contributed by atoms with Gasteiger partial charge in [-0.2, -0.15) is 0 Å². The van der Waals surface area contributed by atoms with E-state index < -0.39 is 23.5 Å². The van der Waals surface area contributed by atoms with E-state index in [0.717, 1.165) is 16.5 Å². The second-order valence-corrected chi connectivity index (χ2v) is 8.67. The van der Waals surface area contributed by atoms with Crippen molar-refractivity contribution in [3.05, 3.63) is 94.4 Å². The molecular weight excluding hydrogens is 482 g/mol. The van der Waals surface area contributed by atoms with E-state index in [4.69, 9.17) is 21.1 Å². The zero-order valence-electron chi connectivity index (χ0n) is 19.5. The Bertz CT molecular complexity index is 1510. The number of hydrogen-bond donors (Lipinski definition) is 2. The van der Waals surface area contributed by atoms with Gasteiger partial charge in [0.1, 0.15) is 17.3 Å². The Morgan fingerprint density at radius 2 is 1.89 bits per heavy atom. The fraction of sp³-hybridized carbons (Fsp3) is 0.148. The largest absolute Gasteiger partial charge is 0.507 e. The average Bonchev–Trinajstić information content (AvgIpc) is 3.43. The molecule has 5 rings (SSSR count). The minimum atomic E-state index is -0.869. The lowest BCUT2D eigenvalue weighted by Crippen LogP contribution is -2.29. The van der Waals surface area contributed by atoms with Crippen LogP contribution in [0.1, 0.15) is 22.7 Å². The Kier molecular flexibility index (Phi) is 6.12. The number of H-pyrrole nitrogens is 1. The number of para-hydroxylation sites is 1. The summed E-state index contributed by atoms with van der Waals surface area (Å²) in [6.07, 6.45) is 5.02. The van der Waals surface area contributed by atoms with Crippen molar-refractivity contribution in [1.29, 1.82) is 0 Å². The number of ketones is 1. The molecule has 8 nitrogen and oxygen atoms in total. The summed E-state index contributed by atoms with van der Waals surface area (Å²) in [7, 11) is 2.89. The van der Waals surface area contributed by atoms with Crippen LogP contribution in [0.5, 0.6) is 11.5 Å². The Morgan fingerprint density at radius 3 is 2.61 bits per heavy atom. The number of halogens is 1. The molecule has 1 aliphatic rings. The third-order valence-corrected chi connectivity index (χ3v) is 6.56. The van der Waals surface area contributed by atoms with Gasteiger partial charge in [0.2, 0.25) is 0 Å². The maximum Gasteiger partial charge on any atom is 0.295 e. The van der Waals surface area contributed by atoms with E-state index in [1.165, 1.54) is 31.3 Å². The number of carbonyl (C=O) groups is 2. The molecule has 2 N–H and O–H groups in total. The van der Waals surface area contributed by atoms with Gasteiger partial charge in [-0.1, -0.05) is 35.9 Å². The summed E-state index contributed by atoms with van der Waals surface area (Å²) in [5.74, 6) is -1.34. The number of aromatic amines is 1. The number of aromatic nitrogens is 2. The van der Waals surface area contributed by atoms with Gasteiger partial charge in [-0.15, -0.1) is 0 Å². The number of Topliss-reactive ketones (excluding diaryl/α,β-unsaturated/α-hetero) is 1. The molecule has 1 amide bonds. The standard InChI is InChI=1S/C27H22ClN3O5/c1-35-21-11-22(36-2)19(28)10-17(21)25(32)23-24(18-13-30-20-8-4-3-7-16(18)20)31(27(34)26(23)33)14-15-6-5-9-29-12-15/h3-13,24,30,32H,14H2,1-2H3/b25-23+. The number of methoxy groups -OCH3 is 2. The van der Waals surface area contributed by atoms with E-state index >= 15 is 0 Å². The summed E-state index contributed by atoms with van der Waals surface area (Å²) in [5.41, 5.74) is 2.37. The summed E-state index contributed by atoms with van der Waals surface area (Å²) in [6, 6.07) is 13.3. The number of amides is 1. The van der Waals surface area contributed by atoms with Crippen LogP contribution in [-0.2, 0) is 16.1 Å². The first-order valence-electron chi connectivity index (χ1n) is 11.1. The van der Waals surface area contributed by atoms with Crippen molar-refractivity contribution in [1.82, 2.24) is 14.9 Å². The number of hydrogen-bond acceptors (Lipinski definition) is 6. The molecule has 0 bridgehead atoms. The minimum Gasteiger partial charge on any atom is -0.507 e. The van der Waals surface area contributed by atoms with Gasteiger partial charge < -0.3 is 24.5 Å². The molecule has 0 saturated carbocycles. The van der Waals surface area contributed by atoms with Gasteiger partial charge in [-0.25, -0.2) is 0 Å². The first-order chi connectivity index (χ1) is 17.4. The van der Waals surface area contributed by atoms with Crippen molar-refractivity contribution in [3.63, 3.8) is 0 Å². The number of aliphatic hydroxyl groups is 1.